The van der Waals surface area contributed by atoms with Crippen molar-refractivity contribution in [2.75, 3.05) is 0 Å². The molecule has 0 heterocycles. The van der Waals surface area contributed by atoms with Crippen LogP contribution in [0.25, 0.3) is 23.4 Å². The van der Waals surface area contributed by atoms with E-state index in [2.05, 4.69) is 56.5 Å². The molecule has 0 bridgehead atoms. The minimum atomic E-state index is 1.05. The van der Waals surface area contributed by atoms with Gasteiger partial charge in [-0.2, -0.15) is 0 Å². The Morgan fingerprint density at radius 3 is 2.00 bits per heavy atom. The van der Waals surface area contributed by atoms with Gasteiger partial charge in [0.15, 0.2) is 0 Å². The van der Waals surface area contributed by atoms with Crippen LogP contribution in [0.15, 0.2) is 42.5 Å². The predicted molar refractivity (Wildman–Crippen MR) is 95.4 cm³/mol. The summed E-state index contributed by atoms with van der Waals surface area (Å²) >= 11 is 0. The standard InChI is InChI=1S/C16H16.2C2H6/c1-11(2)9-16-13(4)10-12(3)14-7-5-6-8-15(14)16;2*1-2/h5-10H,1,4H2,2-3H3;2*1-2H3/b16-9+;;. The van der Waals surface area contributed by atoms with Gasteiger partial charge in [-0.05, 0) is 40.6 Å². The first-order chi connectivity index (χ1) is 9.59. The van der Waals surface area contributed by atoms with Gasteiger partial charge in [-0.3, -0.25) is 0 Å². The van der Waals surface area contributed by atoms with Gasteiger partial charge < -0.3 is 0 Å². The van der Waals surface area contributed by atoms with Gasteiger partial charge in [-0.1, -0.05) is 82.8 Å². The summed E-state index contributed by atoms with van der Waals surface area (Å²) < 4.78 is 0. The molecule has 0 radical (unpaired) electrons. The molecule has 2 rings (SSSR count). The lowest BCUT2D eigenvalue weighted by Crippen LogP contribution is -2.24. The molecule has 0 unspecified atom stereocenters. The zero-order valence-corrected chi connectivity index (χ0v) is 13.9. The molecule has 0 aliphatic carbocycles. The summed E-state index contributed by atoms with van der Waals surface area (Å²) in [4.78, 5) is 0. The molecule has 0 heteroatoms. The van der Waals surface area contributed by atoms with E-state index in [9.17, 15) is 0 Å². The molecule has 0 aromatic heterocycles. The Kier molecular flexibility index (Phi) is 8.31. The average Bonchev–Trinajstić information content (AvgIpc) is 2.47. The molecule has 0 aliphatic rings. The number of benzene rings is 2. The molecule has 20 heavy (non-hydrogen) atoms. The summed E-state index contributed by atoms with van der Waals surface area (Å²) in [5, 5.41) is 4.81. The van der Waals surface area contributed by atoms with E-state index in [4.69, 9.17) is 0 Å². The SMILES string of the molecule is C=C(C)/C=c1\c(=C)cc(C)c2ccccc12.CC.CC. The predicted octanol–water partition coefficient (Wildman–Crippen LogP) is 4.97. The molecule has 0 nitrogen and oxygen atoms in total. The molecular weight excluding hydrogens is 240 g/mol. The van der Waals surface area contributed by atoms with E-state index in [0.29, 0.717) is 0 Å². The highest BCUT2D eigenvalue weighted by molar-refractivity contribution is 5.87. The molecular formula is C20H28. The minimum Gasteiger partial charge on any atom is -0.0961 e. The molecule has 108 valence electrons. The maximum atomic E-state index is 4.11. The fourth-order valence-corrected chi connectivity index (χ4v) is 2.07. The van der Waals surface area contributed by atoms with Gasteiger partial charge in [0.25, 0.3) is 0 Å². The Morgan fingerprint density at radius 1 is 1.00 bits per heavy atom. The highest BCUT2D eigenvalue weighted by atomic mass is 14.0. The Balaban J connectivity index is 0.000000829. The molecule has 0 amide bonds. The maximum Gasteiger partial charge on any atom is -0.0103 e. The summed E-state index contributed by atoms with van der Waals surface area (Å²) in [6.45, 7) is 20.2. The van der Waals surface area contributed by atoms with Crippen LogP contribution in [-0.2, 0) is 0 Å². The van der Waals surface area contributed by atoms with Gasteiger partial charge in [0.2, 0.25) is 0 Å². The van der Waals surface area contributed by atoms with Crippen molar-refractivity contribution < 1.29 is 0 Å². The Labute approximate surface area is 124 Å². The second-order valence-electron chi connectivity index (χ2n) is 4.30. The van der Waals surface area contributed by atoms with Crippen molar-refractivity contribution in [1.29, 1.82) is 0 Å². The van der Waals surface area contributed by atoms with Crippen LogP contribution in [0.4, 0.5) is 0 Å². The number of aryl methyl sites for hydroxylation is 1. The third kappa shape index (κ3) is 4.38. The highest BCUT2D eigenvalue weighted by Crippen LogP contribution is 2.12. The molecule has 2 aromatic carbocycles. The van der Waals surface area contributed by atoms with E-state index in [-0.39, 0.29) is 0 Å². The number of fused-ring (bicyclic) bond motifs is 1. The number of hydrogen-bond acceptors (Lipinski definition) is 0. The van der Waals surface area contributed by atoms with Crippen molar-refractivity contribution in [1.82, 2.24) is 0 Å². The lowest BCUT2D eigenvalue weighted by molar-refractivity contribution is 1.46. The quantitative estimate of drug-likeness (QED) is 0.685. The fourth-order valence-electron chi connectivity index (χ4n) is 2.07. The van der Waals surface area contributed by atoms with E-state index in [1.54, 1.807) is 0 Å². The van der Waals surface area contributed by atoms with Gasteiger partial charge in [0, 0.05) is 0 Å². The third-order valence-electron chi connectivity index (χ3n) is 2.77. The Morgan fingerprint density at radius 2 is 1.50 bits per heavy atom. The van der Waals surface area contributed by atoms with Crippen molar-refractivity contribution in [2.45, 2.75) is 41.5 Å². The van der Waals surface area contributed by atoms with Crippen LogP contribution in [0, 0.1) is 6.92 Å². The Bertz CT molecular complexity index is 660. The van der Waals surface area contributed by atoms with Gasteiger partial charge >= 0.3 is 0 Å². The van der Waals surface area contributed by atoms with Crippen LogP contribution in [0.5, 0.6) is 0 Å². The molecule has 0 spiro atoms. The number of allylic oxidation sites excluding steroid dienone is 1. The monoisotopic (exact) mass is 268 g/mol. The average molecular weight is 268 g/mol. The summed E-state index contributed by atoms with van der Waals surface area (Å²) in [5.41, 5.74) is 2.33. The van der Waals surface area contributed by atoms with Crippen molar-refractivity contribution in [3.8, 4) is 0 Å². The molecule has 0 aliphatic heterocycles. The summed E-state index contributed by atoms with van der Waals surface area (Å²) in [7, 11) is 0. The van der Waals surface area contributed by atoms with Crippen LogP contribution in [0.3, 0.4) is 0 Å². The van der Waals surface area contributed by atoms with Crippen molar-refractivity contribution in [2.24, 2.45) is 0 Å². The van der Waals surface area contributed by atoms with Crippen LogP contribution in [0.2, 0.25) is 0 Å². The van der Waals surface area contributed by atoms with Gasteiger partial charge in [0.05, 0.1) is 0 Å². The van der Waals surface area contributed by atoms with Crippen molar-refractivity contribution in [3.05, 3.63) is 58.5 Å². The van der Waals surface area contributed by atoms with Gasteiger partial charge in [0.1, 0.15) is 0 Å². The minimum absolute atomic E-state index is 1.05. The summed E-state index contributed by atoms with van der Waals surface area (Å²) in [6, 6.07) is 10.6. The molecule has 0 N–H and O–H groups in total. The smallest absolute Gasteiger partial charge is 0.0103 e. The van der Waals surface area contributed by atoms with E-state index in [0.717, 1.165) is 10.8 Å². The molecule has 0 saturated carbocycles. The largest absolute Gasteiger partial charge is 0.0961 e. The zero-order valence-electron chi connectivity index (χ0n) is 13.9. The second-order valence-corrected chi connectivity index (χ2v) is 4.30. The lowest BCUT2D eigenvalue weighted by atomic mass is 10.0. The van der Waals surface area contributed by atoms with E-state index in [1.165, 1.54) is 21.6 Å². The van der Waals surface area contributed by atoms with Crippen LogP contribution in [-0.4, -0.2) is 0 Å². The van der Waals surface area contributed by atoms with Crippen LogP contribution < -0.4 is 10.4 Å². The first-order valence-electron chi connectivity index (χ1n) is 7.44. The lowest BCUT2D eigenvalue weighted by Gasteiger charge is -2.04. The van der Waals surface area contributed by atoms with E-state index < -0.39 is 0 Å². The number of rotatable bonds is 1. The van der Waals surface area contributed by atoms with E-state index >= 15 is 0 Å². The fraction of sp³-hybridized carbons (Fsp3) is 0.300. The van der Waals surface area contributed by atoms with Crippen LogP contribution in [0.1, 0.15) is 40.2 Å². The maximum absolute atomic E-state index is 4.11. The molecule has 2 aromatic rings. The third-order valence-corrected chi connectivity index (χ3v) is 2.77. The first-order valence-corrected chi connectivity index (χ1v) is 7.44. The Hall–Kier alpha value is -1.82. The van der Waals surface area contributed by atoms with Crippen molar-refractivity contribution in [3.63, 3.8) is 0 Å². The van der Waals surface area contributed by atoms with Gasteiger partial charge in [-0.15, -0.1) is 0 Å². The molecule has 0 atom stereocenters. The summed E-state index contributed by atoms with van der Waals surface area (Å²) in [5.74, 6) is 0. The van der Waals surface area contributed by atoms with Gasteiger partial charge in [-0.25, -0.2) is 0 Å². The first kappa shape index (κ1) is 18.2. The summed E-state index contributed by atoms with van der Waals surface area (Å²) in [6.07, 6.45) is 2.10. The molecule has 0 saturated heterocycles. The normalized spacial score (nSPS) is 10.2. The second kappa shape index (κ2) is 9.14. The zero-order chi connectivity index (χ0) is 15.7. The topological polar surface area (TPSA) is 0 Å². The number of hydrogen-bond donors (Lipinski definition) is 0. The van der Waals surface area contributed by atoms with Crippen molar-refractivity contribution >= 4 is 23.4 Å². The van der Waals surface area contributed by atoms with E-state index in [1.807, 2.05) is 34.6 Å². The van der Waals surface area contributed by atoms with Crippen LogP contribution >= 0.6 is 0 Å². The molecule has 0 fully saturated rings. The highest BCUT2D eigenvalue weighted by Gasteiger charge is 1.98.